The molecule has 1 aliphatic carbocycles. The van der Waals surface area contributed by atoms with Crippen LogP contribution < -0.4 is 5.32 Å². The molecular weight excluding hydrogens is 271 g/mol. The van der Waals surface area contributed by atoms with Gasteiger partial charge in [0.15, 0.2) is 0 Å². The Morgan fingerprint density at radius 2 is 2.29 bits per heavy atom. The van der Waals surface area contributed by atoms with E-state index < -0.39 is 0 Å². The number of benzene rings is 1. The number of halogens is 1. The molecule has 3 rings (SSSR count). The van der Waals surface area contributed by atoms with Gasteiger partial charge in [-0.3, -0.25) is 9.59 Å². The van der Waals surface area contributed by atoms with E-state index in [-0.39, 0.29) is 29.6 Å². The van der Waals surface area contributed by atoms with E-state index >= 15 is 0 Å². The van der Waals surface area contributed by atoms with Crippen LogP contribution in [0.5, 0.6) is 0 Å². The number of carbonyl (C=O) groups is 2. The van der Waals surface area contributed by atoms with Crippen molar-refractivity contribution in [2.45, 2.75) is 32.2 Å². The molecule has 1 fully saturated rings. The summed E-state index contributed by atoms with van der Waals surface area (Å²) in [5.74, 6) is -0.518. The highest BCUT2D eigenvalue weighted by Gasteiger charge is 2.35. The van der Waals surface area contributed by atoms with Gasteiger partial charge in [-0.25, -0.2) is 4.39 Å². The fourth-order valence-corrected chi connectivity index (χ4v) is 3.28. The lowest BCUT2D eigenvalue weighted by Crippen LogP contribution is -2.34. The summed E-state index contributed by atoms with van der Waals surface area (Å²) in [6.07, 6.45) is 1.87. The van der Waals surface area contributed by atoms with Gasteiger partial charge in [-0.05, 0) is 43.0 Å². The van der Waals surface area contributed by atoms with Crippen molar-refractivity contribution in [2.75, 3.05) is 13.1 Å². The summed E-state index contributed by atoms with van der Waals surface area (Å²) in [6.45, 7) is 3.07. The van der Waals surface area contributed by atoms with E-state index in [4.69, 9.17) is 0 Å². The summed E-state index contributed by atoms with van der Waals surface area (Å²) in [4.78, 5) is 25.7. The summed E-state index contributed by atoms with van der Waals surface area (Å²) < 4.78 is 13.2. The molecule has 1 aromatic carbocycles. The largest absolute Gasteiger partial charge is 0.349 e. The average molecular weight is 290 g/mol. The summed E-state index contributed by atoms with van der Waals surface area (Å²) in [5.41, 5.74) is 1.97. The number of nitrogens with one attached hydrogen (secondary N) is 1. The molecule has 1 aliphatic heterocycles. The maximum atomic E-state index is 13.2. The minimum absolute atomic E-state index is 0.0477. The number of nitrogens with zero attached hydrogens (tertiary/aromatic N) is 1. The van der Waals surface area contributed by atoms with Crippen LogP contribution in [-0.2, 0) is 16.0 Å². The van der Waals surface area contributed by atoms with Crippen molar-refractivity contribution in [1.82, 2.24) is 10.2 Å². The molecule has 0 saturated carbocycles. The van der Waals surface area contributed by atoms with Gasteiger partial charge in [-0.15, -0.1) is 0 Å². The molecule has 4 nitrogen and oxygen atoms in total. The maximum Gasteiger partial charge on any atom is 0.225 e. The molecule has 5 heteroatoms. The van der Waals surface area contributed by atoms with Crippen molar-refractivity contribution in [3.05, 3.63) is 35.1 Å². The molecule has 0 unspecified atom stereocenters. The lowest BCUT2D eigenvalue weighted by molar-refractivity contribution is -0.129. The van der Waals surface area contributed by atoms with Crippen LogP contribution in [0.15, 0.2) is 18.2 Å². The molecule has 1 saturated heterocycles. The predicted octanol–water partition coefficient (Wildman–Crippen LogP) is 1.80. The van der Waals surface area contributed by atoms with E-state index in [9.17, 15) is 14.0 Å². The maximum absolute atomic E-state index is 13.2. The highest BCUT2D eigenvalue weighted by atomic mass is 19.1. The number of likely N-dealkylation sites (tertiary alicyclic amines) is 1. The van der Waals surface area contributed by atoms with Crippen molar-refractivity contribution in [1.29, 1.82) is 0 Å². The summed E-state index contributed by atoms with van der Waals surface area (Å²) in [7, 11) is 0. The predicted molar refractivity (Wildman–Crippen MR) is 76.0 cm³/mol. The van der Waals surface area contributed by atoms with Crippen molar-refractivity contribution in [3.8, 4) is 0 Å². The van der Waals surface area contributed by atoms with E-state index in [1.54, 1.807) is 17.0 Å². The van der Waals surface area contributed by atoms with Crippen LogP contribution in [0.1, 0.15) is 36.9 Å². The molecule has 2 amide bonds. The first-order chi connectivity index (χ1) is 10.1. The number of amides is 2. The van der Waals surface area contributed by atoms with Gasteiger partial charge in [0.05, 0.1) is 12.0 Å². The van der Waals surface area contributed by atoms with Crippen LogP contribution >= 0.6 is 0 Å². The normalized spacial score (nSPS) is 24.3. The molecule has 0 bridgehead atoms. The van der Waals surface area contributed by atoms with Gasteiger partial charge in [0.25, 0.3) is 0 Å². The zero-order valence-corrected chi connectivity index (χ0v) is 12.1. The van der Waals surface area contributed by atoms with Gasteiger partial charge in [0.1, 0.15) is 5.82 Å². The number of carbonyl (C=O) groups excluding carboxylic acids is 2. The Labute approximate surface area is 123 Å². The van der Waals surface area contributed by atoms with Crippen molar-refractivity contribution < 1.29 is 14.0 Å². The van der Waals surface area contributed by atoms with E-state index in [0.717, 1.165) is 24.0 Å². The van der Waals surface area contributed by atoms with Gasteiger partial charge in [-0.1, -0.05) is 6.07 Å². The van der Waals surface area contributed by atoms with E-state index in [0.29, 0.717) is 19.5 Å². The minimum atomic E-state index is -0.262. The first-order valence-corrected chi connectivity index (χ1v) is 7.45. The minimum Gasteiger partial charge on any atom is -0.349 e. The van der Waals surface area contributed by atoms with Gasteiger partial charge in [0.2, 0.25) is 11.8 Å². The first kappa shape index (κ1) is 14.0. The SMILES string of the molecule is CCN1C[C@H](C(=O)N[C@@H]2CCc3cc(F)ccc32)CC1=O. The van der Waals surface area contributed by atoms with Crippen LogP contribution in [-0.4, -0.2) is 29.8 Å². The fourth-order valence-electron chi connectivity index (χ4n) is 3.28. The Hall–Kier alpha value is -1.91. The topological polar surface area (TPSA) is 49.4 Å². The summed E-state index contributed by atoms with van der Waals surface area (Å²) >= 11 is 0. The van der Waals surface area contributed by atoms with E-state index in [1.165, 1.54) is 6.07 Å². The van der Waals surface area contributed by atoms with E-state index in [1.807, 2.05) is 6.92 Å². The number of aryl methyl sites for hydroxylation is 1. The molecule has 0 radical (unpaired) electrons. The van der Waals surface area contributed by atoms with Crippen molar-refractivity contribution in [3.63, 3.8) is 0 Å². The van der Waals surface area contributed by atoms with Gasteiger partial charge in [-0.2, -0.15) is 0 Å². The van der Waals surface area contributed by atoms with Gasteiger partial charge >= 0.3 is 0 Å². The molecule has 0 spiro atoms. The Morgan fingerprint density at radius 3 is 3.00 bits per heavy atom. The van der Waals surface area contributed by atoms with Crippen LogP contribution in [0, 0.1) is 11.7 Å². The Balaban J connectivity index is 1.66. The van der Waals surface area contributed by atoms with E-state index in [2.05, 4.69) is 5.32 Å². The first-order valence-electron chi connectivity index (χ1n) is 7.45. The third-order valence-electron chi connectivity index (χ3n) is 4.47. The summed E-state index contributed by atoms with van der Waals surface area (Å²) in [6, 6.07) is 4.67. The molecule has 21 heavy (non-hydrogen) atoms. The second-order valence-corrected chi connectivity index (χ2v) is 5.78. The van der Waals surface area contributed by atoms with Crippen molar-refractivity contribution in [2.24, 2.45) is 5.92 Å². The van der Waals surface area contributed by atoms with Crippen LogP contribution in [0.2, 0.25) is 0 Å². The smallest absolute Gasteiger partial charge is 0.225 e. The second kappa shape index (κ2) is 5.47. The van der Waals surface area contributed by atoms with Gasteiger partial charge in [0, 0.05) is 19.5 Å². The molecule has 1 heterocycles. The van der Waals surface area contributed by atoms with Crippen LogP contribution in [0.25, 0.3) is 0 Å². The molecule has 1 aromatic rings. The highest BCUT2D eigenvalue weighted by molar-refractivity contribution is 5.89. The second-order valence-electron chi connectivity index (χ2n) is 5.78. The lowest BCUT2D eigenvalue weighted by Gasteiger charge is -2.18. The zero-order valence-electron chi connectivity index (χ0n) is 12.1. The average Bonchev–Trinajstić information content (AvgIpc) is 3.02. The standard InChI is InChI=1S/C16H19FN2O2/c1-2-19-9-11(8-15(19)20)16(21)18-14-6-3-10-7-12(17)4-5-13(10)14/h4-5,7,11,14H,2-3,6,8-9H2,1H3,(H,18,21)/t11-,14-/m1/s1. The molecule has 1 N–H and O–H groups in total. The third kappa shape index (κ3) is 2.64. The quantitative estimate of drug-likeness (QED) is 0.923. The monoisotopic (exact) mass is 290 g/mol. The van der Waals surface area contributed by atoms with Crippen molar-refractivity contribution >= 4 is 11.8 Å². The van der Waals surface area contributed by atoms with Crippen LogP contribution in [0.3, 0.4) is 0 Å². The number of hydrogen-bond donors (Lipinski definition) is 1. The molecule has 112 valence electrons. The molecule has 0 aromatic heterocycles. The highest BCUT2D eigenvalue weighted by Crippen LogP contribution is 2.32. The third-order valence-corrected chi connectivity index (χ3v) is 4.47. The number of rotatable bonds is 3. The van der Waals surface area contributed by atoms with Gasteiger partial charge < -0.3 is 10.2 Å². The Morgan fingerprint density at radius 1 is 1.48 bits per heavy atom. The molecule has 2 aliphatic rings. The zero-order chi connectivity index (χ0) is 15.0. The molecular formula is C16H19FN2O2. The Bertz CT molecular complexity index is 588. The molecule has 2 atom stereocenters. The number of hydrogen-bond acceptors (Lipinski definition) is 2. The lowest BCUT2D eigenvalue weighted by atomic mass is 10.0. The number of fused-ring (bicyclic) bond motifs is 1. The summed E-state index contributed by atoms with van der Waals surface area (Å²) in [5, 5.41) is 3.02. The van der Waals surface area contributed by atoms with Crippen LogP contribution in [0.4, 0.5) is 4.39 Å². The fraction of sp³-hybridized carbons (Fsp3) is 0.500. The Kier molecular flexibility index (Phi) is 3.66.